The summed E-state index contributed by atoms with van der Waals surface area (Å²) in [6.45, 7) is 5.26. The first-order valence-corrected chi connectivity index (χ1v) is 8.79. The topological polar surface area (TPSA) is 62.4 Å². The molecule has 0 bridgehead atoms. The van der Waals surface area contributed by atoms with Gasteiger partial charge in [-0.1, -0.05) is 16.8 Å². The lowest BCUT2D eigenvalue weighted by atomic mass is 10.0. The van der Waals surface area contributed by atoms with Gasteiger partial charge >= 0.3 is 0 Å². The second kappa shape index (κ2) is 6.32. The Hall–Kier alpha value is -2.11. The first-order chi connectivity index (χ1) is 12.0. The van der Waals surface area contributed by atoms with Crippen LogP contribution in [0.25, 0.3) is 10.9 Å². The van der Waals surface area contributed by atoms with E-state index in [2.05, 4.69) is 15.0 Å². The second-order valence-electron chi connectivity index (χ2n) is 6.82. The van der Waals surface area contributed by atoms with Crippen LogP contribution < -0.4 is 4.90 Å². The lowest BCUT2D eigenvalue weighted by Crippen LogP contribution is -2.21. The number of rotatable bonds is 3. The largest absolute Gasteiger partial charge is 0.391 e. The molecule has 4 rings (SSSR count). The fourth-order valence-electron chi connectivity index (χ4n) is 3.67. The van der Waals surface area contributed by atoms with Gasteiger partial charge in [0.1, 0.15) is 5.76 Å². The predicted molar refractivity (Wildman–Crippen MR) is 98.1 cm³/mol. The molecule has 1 saturated heterocycles. The number of pyridine rings is 1. The van der Waals surface area contributed by atoms with E-state index in [1.807, 2.05) is 44.3 Å². The van der Waals surface area contributed by atoms with Crippen molar-refractivity contribution in [3.63, 3.8) is 0 Å². The van der Waals surface area contributed by atoms with E-state index in [-0.39, 0.29) is 5.92 Å². The SMILES string of the molecule is Cc1cc(C[C@@H]2CN(c3ccnc4c(C)cc(Cl)cc34)C[C@@H]2O)on1. The highest BCUT2D eigenvalue weighted by Crippen LogP contribution is 2.34. The molecule has 0 spiro atoms. The molecule has 1 fully saturated rings. The highest BCUT2D eigenvalue weighted by atomic mass is 35.5. The molecule has 3 aromatic rings. The number of aryl methyl sites for hydroxylation is 2. The molecule has 2 atom stereocenters. The molecular weight excluding hydrogens is 338 g/mol. The Morgan fingerprint density at radius 3 is 2.88 bits per heavy atom. The van der Waals surface area contributed by atoms with E-state index in [9.17, 15) is 5.11 Å². The average molecular weight is 358 g/mol. The minimum Gasteiger partial charge on any atom is -0.391 e. The van der Waals surface area contributed by atoms with Crippen LogP contribution in [0.1, 0.15) is 17.0 Å². The summed E-state index contributed by atoms with van der Waals surface area (Å²) in [5, 5.41) is 16.2. The van der Waals surface area contributed by atoms with Crippen molar-refractivity contribution in [3.8, 4) is 0 Å². The standard InChI is InChI=1S/C19H20ClN3O2/c1-11-5-14(20)8-16-17(3-4-21-19(11)16)23-9-13(18(24)10-23)7-15-6-12(2)22-25-15/h3-6,8,13,18,24H,7,9-10H2,1-2H3/t13-,18+/m1/s1. The van der Waals surface area contributed by atoms with Crippen molar-refractivity contribution in [2.24, 2.45) is 5.92 Å². The highest BCUT2D eigenvalue weighted by molar-refractivity contribution is 6.31. The summed E-state index contributed by atoms with van der Waals surface area (Å²) < 4.78 is 5.31. The average Bonchev–Trinajstić information content (AvgIpc) is 3.13. The summed E-state index contributed by atoms with van der Waals surface area (Å²) in [4.78, 5) is 6.70. The van der Waals surface area contributed by atoms with Gasteiger partial charge in [-0.3, -0.25) is 4.98 Å². The monoisotopic (exact) mass is 357 g/mol. The van der Waals surface area contributed by atoms with Crippen molar-refractivity contribution >= 4 is 28.2 Å². The predicted octanol–water partition coefficient (Wildman–Crippen LogP) is 3.53. The molecule has 2 aromatic heterocycles. The summed E-state index contributed by atoms with van der Waals surface area (Å²) in [7, 11) is 0. The van der Waals surface area contributed by atoms with Gasteiger partial charge < -0.3 is 14.5 Å². The van der Waals surface area contributed by atoms with Crippen molar-refractivity contribution in [3.05, 3.63) is 52.5 Å². The first kappa shape index (κ1) is 16.4. The fourth-order valence-corrected chi connectivity index (χ4v) is 3.95. The van der Waals surface area contributed by atoms with Crippen LogP contribution >= 0.6 is 11.6 Å². The van der Waals surface area contributed by atoms with Gasteiger partial charge in [0.2, 0.25) is 0 Å². The Morgan fingerprint density at radius 2 is 2.12 bits per heavy atom. The van der Waals surface area contributed by atoms with Crippen LogP contribution in [0, 0.1) is 19.8 Å². The number of nitrogens with zero attached hydrogens (tertiary/aromatic N) is 3. The molecule has 6 heteroatoms. The van der Waals surface area contributed by atoms with Crippen LogP contribution in [0.3, 0.4) is 0 Å². The summed E-state index contributed by atoms with van der Waals surface area (Å²) in [6.07, 6.45) is 2.09. The molecule has 3 heterocycles. The molecular formula is C19H20ClN3O2. The minimum atomic E-state index is -0.408. The number of aliphatic hydroxyl groups excluding tert-OH is 1. The van der Waals surface area contributed by atoms with Crippen molar-refractivity contribution < 1.29 is 9.63 Å². The van der Waals surface area contributed by atoms with E-state index in [1.165, 1.54) is 0 Å². The zero-order valence-corrected chi connectivity index (χ0v) is 15.0. The number of hydrogen-bond donors (Lipinski definition) is 1. The van der Waals surface area contributed by atoms with E-state index >= 15 is 0 Å². The van der Waals surface area contributed by atoms with Gasteiger partial charge in [0.25, 0.3) is 0 Å². The van der Waals surface area contributed by atoms with E-state index in [1.54, 1.807) is 0 Å². The van der Waals surface area contributed by atoms with E-state index in [0.717, 1.165) is 40.2 Å². The smallest absolute Gasteiger partial charge is 0.137 e. The molecule has 1 aromatic carbocycles. The Bertz CT molecular complexity index is 924. The molecule has 0 amide bonds. The summed E-state index contributed by atoms with van der Waals surface area (Å²) >= 11 is 6.25. The quantitative estimate of drug-likeness (QED) is 0.776. The number of benzene rings is 1. The molecule has 1 aliphatic rings. The van der Waals surface area contributed by atoms with Crippen molar-refractivity contribution in [2.75, 3.05) is 18.0 Å². The van der Waals surface area contributed by atoms with Crippen LogP contribution in [0.5, 0.6) is 0 Å². The van der Waals surface area contributed by atoms with Crippen LogP contribution in [-0.4, -0.2) is 34.4 Å². The molecule has 0 radical (unpaired) electrons. The molecule has 25 heavy (non-hydrogen) atoms. The third kappa shape index (κ3) is 3.10. The number of hydrogen-bond acceptors (Lipinski definition) is 5. The second-order valence-corrected chi connectivity index (χ2v) is 7.26. The molecule has 0 aliphatic carbocycles. The van der Waals surface area contributed by atoms with Crippen LogP contribution in [0.15, 0.2) is 35.0 Å². The van der Waals surface area contributed by atoms with Gasteiger partial charge in [0.15, 0.2) is 0 Å². The Morgan fingerprint density at radius 1 is 1.28 bits per heavy atom. The third-order valence-electron chi connectivity index (χ3n) is 4.86. The first-order valence-electron chi connectivity index (χ1n) is 8.41. The maximum absolute atomic E-state index is 10.5. The summed E-state index contributed by atoms with van der Waals surface area (Å²) in [5.74, 6) is 0.928. The Balaban J connectivity index is 1.64. The number of fused-ring (bicyclic) bond motifs is 1. The Kier molecular flexibility index (Phi) is 4.13. The van der Waals surface area contributed by atoms with Crippen LogP contribution in [0.2, 0.25) is 5.02 Å². The van der Waals surface area contributed by atoms with Crippen molar-refractivity contribution in [1.82, 2.24) is 10.1 Å². The summed E-state index contributed by atoms with van der Waals surface area (Å²) in [5.41, 5.74) is 3.93. The van der Waals surface area contributed by atoms with Gasteiger partial charge in [-0.15, -0.1) is 0 Å². The maximum Gasteiger partial charge on any atom is 0.137 e. The Labute approximate surface area is 151 Å². The van der Waals surface area contributed by atoms with Crippen molar-refractivity contribution in [2.45, 2.75) is 26.4 Å². The van der Waals surface area contributed by atoms with Gasteiger partial charge in [-0.25, -0.2) is 0 Å². The number of aliphatic hydroxyl groups is 1. The number of anilines is 1. The lowest BCUT2D eigenvalue weighted by molar-refractivity contribution is 0.143. The van der Waals surface area contributed by atoms with E-state index in [0.29, 0.717) is 18.0 Å². The maximum atomic E-state index is 10.5. The molecule has 1 aliphatic heterocycles. The number of β-amino-alcohol motifs (C(OH)–C–C–N with tert-alkyl or cyclic N) is 1. The molecule has 5 nitrogen and oxygen atoms in total. The minimum absolute atomic E-state index is 0.107. The summed E-state index contributed by atoms with van der Waals surface area (Å²) in [6, 6.07) is 7.80. The normalized spacial score (nSPS) is 20.6. The molecule has 0 unspecified atom stereocenters. The zero-order chi connectivity index (χ0) is 17.6. The van der Waals surface area contributed by atoms with E-state index < -0.39 is 6.10 Å². The number of aromatic nitrogens is 2. The van der Waals surface area contributed by atoms with Gasteiger partial charge in [-0.05, 0) is 37.6 Å². The van der Waals surface area contributed by atoms with Crippen molar-refractivity contribution in [1.29, 1.82) is 0 Å². The molecule has 1 N–H and O–H groups in total. The van der Waals surface area contributed by atoms with E-state index in [4.69, 9.17) is 16.1 Å². The van der Waals surface area contributed by atoms with Crippen LogP contribution in [0.4, 0.5) is 5.69 Å². The zero-order valence-electron chi connectivity index (χ0n) is 14.2. The highest BCUT2D eigenvalue weighted by Gasteiger charge is 2.33. The molecule has 0 saturated carbocycles. The van der Waals surface area contributed by atoms with Gasteiger partial charge in [0, 0.05) is 53.8 Å². The lowest BCUT2D eigenvalue weighted by Gasteiger charge is -2.20. The van der Waals surface area contributed by atoms with Gasteiger partial charge in [0.05, 0.1) is 17.3 Å². The van der Waals surface area contributed by atoms with Crippen LogP contribution in [-0.2, 0) is 6.42 Å². The van der Waals surface area contributed by atoms with Gasteiger partial charge in [-0.2, -0.15) is 0 Å². The fraction of sp³-hybridized carbons (Fsp3) is 0.368. The molecule has 130 valence electrons. The number of halogens is 1. The third-order valence-corrected chi connectivity index (χ3v) is 5.08.